The molecule has 184 valence electrons. The Morgan fingerprint density at radius 2 is 1.78 bits per heavy atom. The first-order valence-electron chi connectivity index (χ1n) is 12.7. The van der Waals surface area contributed by atoms with Crippen molar-refractivity contribution >= 4 is 17.5 Å². The lowest BCUT2D eigenvalue weighted by atomic mass is 9.36. The minimum absolute atomic E-state index is 0.120. The summed E-state index contributed by atoms with van der Waals surface area (Å²) in [5.74, 6) is -0.0326. The van der Waals surface area contributed by atoms with Crippen LogP contribution in [0.15, 0.2) is 54.6 Å². The van der Waals surface area contributed by atoms with Gasteiger partial charge in [0.2, 0.25) is 11.8 Å². The second-order valence-electron chi connectivity index (χ2n) is 11.2. The highest BCUT2D eigenvalue weighted by molar-refractivity contribution is 6.23. The number of ether oxygens (including phenoxy) is 3. The van der Waals surface area contributed by atoms with Gasteiger partial charge in [-0.15, -0.1) is 0 Å². The molecule has 4 bridgehead atoms. The van der Waals surface area contributed by atoms with Gasteiger partial charge in [-0.2, -0.15) is 0 Å². The number of carbonyl (C=O) groups excluding carboxylic acids is 2. The largest absolute Gasteiger partial charge is 0.493 e. The topological polar surface area (TPSA) is 68.3 Å². The van der Waals surface area contributed by atoms with Gasteiger partial charge in [0.25, 0.3) is 0 Å². The molecule has 4 aliphatic carbocycles. The third kappa shape index (κ3) is 1.91. The molecule has 2 saturated heterocycles. The normalized spacial score (nSPS) is 40.8. The Hall–Kier alpha value is -3.16. The number of benzene rings is 2. The summed E-state index contributed by atoms with van der Waals surface area (Å²) in [5, 5.41) is 0. The number of hydrogen-bond acceptors (Lipinski definition) is 6. The van der Waals surface area contributed by atoms with Crippen LogP contribution in [0.5, 0.6) is 11.5 Å². The van der Waals surface area contributed by atoms with E-state index in [1.165, 1.54) is 10.5 Å². The zero-order chi connectivity index (χ0) is 24.6. The van der Waals surface area contributed by atoms with Crippen molar-refractivity contribution < 1.29 is 23.8 Å². The molecule has 0 N–H and O–H groups in total. The van der Waals surface area contributed by atoms with Crippen molar-refractivity contribution in [2.45, 2.75) is 36.0 Å². The van der Waals surface area contributed by atoms with Crippen LogP contribution in [-0.4, -0.2) is 56.2 Å². The highest BCUT2D eigenvalue weighted by atomic mass is 16.6. The van der Waals surface area contributed by atoms with E-state index in [0.717, 1.165) is 30.7 Å². The molecule has 1 saturated carbocycles. The lowest BCUT2D eigenvalue weighted by Gasteiger charge is -2.66. The van der Waals surface area contributed by atoms with Crippen LogP contribution in [0.25, 0.3) is 0 Å². The zero-order valence-electron chi connectivity index (χ0n) is 20.6. The summed E-state index contributed by atoms with van der Waals surface area (Å²) in [6, 6.07) is 13.6. The molecule has 4 heterocycles. The maximum absolute atomic E-state index is 14.4. The van der Waals surface area contributed by atoms with Crippen LogP contribution in [0, 0.1) is 17.3 Å². The number of imide groups is 1. The smallest absolute Gasteiger partial charge is 0.241 e. The number of para-hydroxylation sites is 1. The van der Waals surface area contributed by atoms with Crippen LogP contribution in [-0.2, 0) is 19.7 Å². The third-order valence-corrected chi connectivity index (χ3v) is 10.4. The third-order valence-electron chi connectivity index (χ3n) is 10.4. The summed E-state index contributed by atoms with van der Waals surface area (Å²) in [6.07, 6.45) is 5.46. The molecule has 2 amide bonds. The molecule has 3 fully saturated rings. The number of methoxy groups -OCH3 is 2. The standard InChI is InChI=1S/C29H28N2O5/c1-30-14-13-28-20-17-9-10-19(34-2)23(20)36-26(28)29(35-3)12-11-27(28,15-18(17)30)21-22(29)25(33)31(24(21)32)16-7-5-4-6-8-16/h4-12,18,21-22,26H,13-15H2,1-3H3. The average molecular weight is 485 g/mol. The molecule has 2 aromatic carbocycles. The summed E-state index contributed by atoms with van der Waals surface area (Å²) in [4.78, 5) is 32.4. The van der Waals surface area contributed by atoms with Crippen LogP contribution in [0.2, 0.25) is 0 Å². The van der Waals surface area contributed by atoms with E-state index in [2.05, 4.69) is 30.2 Å². The first-order chi connectivity index (χ1) is 17.4. The van der Waals surface area contributed by atoms with E-state index in [9.17, 15) is 9.59 Å². The van der Waals surface area contributed by atoms with Gasteiger partial charge in [-0.1, -0.05) is 36.4 Å². The molecule has 7 unspecified atom stereocenters. The summed E-state index contributed by atoms with van der Waals surface area (Å²) >= 11 is 0. The predicted molar refractivity (Wildman–Crippen MR) is 131 cm³/mol. The monoisotopic (exact) mass is 484 g/mol. The molecule has 0 aromatic heterocycles. The lowest BCUT2D eigenvalue weighted by Crippen LogP contribution is -2.76. The zero-order valence-corrected chi connectivity index (χ0v) is 20.6. The van der Waals surface area contributed by atoms with Crippen molar-refractivity contribution in [2.75, 3.05) is 32.7 Å². The van der Waals surface area contributed by atoms with E-state index in [4.69, 9.17) is 14.2 Å². The minimum Gasteiger partial charge on any atom is -0.493 e. The molecule has 36 heavy (non-hydrogen) atoms. The summed E-state index contributed by atoms with van der Waals surface area (Å²) in [5.41, 5.74) is 0.932. The maximum Gasteiger partial charge on any atom is 0.241 e. The Bertz CT molecular complexity index is 1390. The first-order valence-corrected chi connectivity index (χ1v) is 12.7. The van der Waals surface area contributed by atoms with Gasteiger partial charge in [0.1, 0.15) is 11.7 Å². The van der Waals surface area contributed by atoms with Crippen LogP contribution in [0.3, 0.4) is 0 Å². The Kier molecular flexibility index (Phi) is 3.72. The van der Waals surface area contributed by atoms with E-state index >= 15 is 0 Å². The lowest BCUT2D eigenvalue weighted by molar-refractivity contribution is -0.205. The number of rotatable bonds is 3. The molecule has 7 atom stereocenters. The molecule has 2 aromatic rings. The van der Waals surface area contributed by atoms with E-state index in [1.807, 2.05) is 36.4 Å². The summed E-state index contributed by atoms with van der Waals surface area (Å²) in [7, 11) is 5.48. The molecule has 8 aliphatic rings. The number of hydrogen-bond donors (Lipinski definition) is 0. The van der Waals surface area contributed by atoms with Gasteiger partial charge in [0.05, 0.1) is 30.0 Å². The number of fused-ring (bicyclic) bond motifs is 2. The number of amides is 2. The molecule has 7 heteroatoms. The fraction of sp³-hybridized carbons (Fsp3) is 0.448. The second-order valence-corrected chi connectivity index (χ2v) is 11.2. The van der Waals surface area contributed by atoms with Crippen molar-refractivity contribution in [3.8, 4) is 11.5 Å². The van der Waals surface area contributed by atoms with Crippen LogP contribution < -0.4 is 14.4 Å². The number of allylic oxidation sites excluding steroid dienone is 1. The molecule has 0 radical (unpaired) electrons. The van der Waals surface area contributed by atoms with Gasteiger partial charge in [-0.25, -0.2) is 4.90 Å². The minimum atomic E-state index is -1.06. The van der Waals surface area contributed by atoms with Gasteiger partial charge < -0.3 is 14.2 Å². The van der Waals surface area contributed by atoms with Crippen molar-refractivity contribution in [3.63, 3.8) is 0 Å². The SMILES string of the molecule is COc1ccc2c3c1OC1C4(OC)C=CC5(CC2N(C)CCC315)C1C(=O)N(c2ccccc2)C(=O)C14. The second kappa shape index (κ2) is 6.39. The van der Waals surface area contributed by atoms with Crippen molar-refractivity contribution in [1.29, 1.82) is 0 Å². The highest BCUT2D eigenvalue weighted by Crippen LogP contribution is 2.78. The van der Waals surface area contributed by atoms with Gasteiger partial charge in [-0.05, 0) is 50.2 Å². The van der Waals surface area contributed by atoms with E-state index in [-0.39, 0.29) is 17.9 Å². The molecule has 4 aliphatic heterocycles. The fourth-order valence-corrected chi connectivity index (χ4v) is 9.04. The molecular weight excluding hydrogens is 456 g/mol. The number of nitrogens with zero attached hydrogens (tertiary/aromatic N) is 2. The van der Waals surface area contributed by atoms with Gasteiger partial charge in [0, 0.05) is 24.1 Å². The number of anilines is 1. The van der Waals surface area contributed by atoms with Crippen molar-refractivity contribution in [1.82, 2.24) is 4.90 Å². The average Bonchev–Trinajstić information content (AvgIpc) is 3.33. The van der Waals surface area contributed by atoms with E-state index < -0.39 is 34.4 Å². The van der Waals surface area contributed by atoms with E-state index in [0.29, 0.717) is 11.4 Å². The van der Waals surface area contributed by atoms with Crippen molar-refractivity contribution in [2.24, 2.45) is 17.3 Å². The Balaban J connectivity index is 1.45. The Morgan fingerprint density at radius 3 is 2.53 bits per heavy atom. The molecule has 10 rings (SSSR count). The van der Waals surface area contributed by atoms with E-state index in [1.54, 1.807) is 14.2 Å². The maximum atomic E-state index is 14.4. The highest BCUT2D eigenvalue weighted by Gasteiger charge is 2.84. The van der Waals surface area contributed by atoms with Crippen LogP contribution >= 0.6 is 0 Å². The summed E-state index contributed by atoms with van der Waals surface area (Å²) in [6.45, 7) is 0.873. The Morgan fingerprint density at radius 1 is 1.00 bits per heavy atom. The van der Waals surface area contributed by atoms with Gasteiger partial charge >= 0.3 is 0 Å². The fourth-order valence-electron chi connectivity index (χ4n) is 9.04. The Labute approximate surface area is 209 Å². The molecule has 7 nitrogen and oxygen atoms in total. The quantitative estimate of drug-likeness (QED) is 0.492. The van der Waals surface area contributed by atoms with Crippen molar-refractivity contribution in [3.05, 3.63) is 65.7 Å². The first kappa shape index (κ1) is 21.0. The van der Waals surface area contributed by atoms with Gasteiger partial charge in [0.15, 0.2) is 11.5 Å². The predicted octanol–water partition coefficient (Wildman–Crippen LogP) is 3.24. The molecular formula is C29H28N2O5. The molecule has 2 spiro atoms. The summed E-state index contributed by atoms with van der Waals surface area (Å²) < 4.78 is 19.0. The van der Waals surface area contributed by atoms with Crippen LogP contribution in [0.1, 0.15) is 30.0 Å². The number of carbonyl (C=O) groups is 2. The van der Waals surface area contributed by atoms with Crippen LogP contribution in [0.4, 0.5) is 5.69 Å². The van der Waals surface area contributed by atoms with Gasteiger partial charge in [-0.3, -0.25) is 14.5 Å².